The maximum atomic E-state index is 6.56. The van der Waals surface area contributed by atoms with E-state index >= 15 is 0 Å². The van der Waals surface area contributed by atoms with Gasteiger partial charge in [-0.25, -0.2) is 0 Å². The monoisotopic (exact) mass is 612 g/mol. The summed E-state index contributed by atoms with van der Waals surface area (Å²) in [6.45, 7) is 4.72. The Labute approximate surface area is 279 Å². The molecule has 0 saturated heterocycles. The summed E-state index contributed by atoms with van der Waals surface area (Å²) in [5.74, 6) is 0. The van der Waals surface area contributed by atoms with Crippen molar-refractivity contribution in [2.75, 3.05) is 0 Å². The number of fused-ring (bicyclic) bond motifs is 8. The van der Waals surface area contributed by atoms with Crippen LogP contribution >= 0.6 is 0 Å². The fourth-order valence-corrected chi connectivity index (χ4v) is 8.41. The first-order chi connectivity index (χ1) is 23.6. The lowest BCUT2D eigenvalue weighted by Crippen LogP contribution is -2.14. The number of hydrogen-bond acceptors (Lipinski definition) is 1. The number of furan rings is 1. The number of rotatable bonds is 3. The van der Waals surface area contributed by atoms with E-state index in [1.165, 1.54) is 66.1 Å². The van der Waals surface area contributed by atoms with E-state index < -0.39 is 0 Å². The summed E-state index contributed by atoms with van der Waals surface area (Å²) in [5.41, 5.74) is 14.5. The molecule has 8 aromatic carbocycles. The number of para-hydroxylation sites is 1. The Morgan fingerprint density at radius 3 is 1.65 bits per heavy atom. The van der Waals surface area contributed by atoms with Crippen molar-refractivity contribution in [3.63, 3.8) is 0 Å². The minimum atomic E-state index is -0.0654. The molecule has 1 nitrogen and oxygen atoms in total. The van der Waals surface area contributed by atoms with Crippen LogP contribution in [-0.4, -0.2) is 0 Å². The summed E-state index contributed by atoms with van der Waals surface area (Å²) in [6.07, 6.45) is 0. The maximum absolute atomic E-state index is 6.56. The van der Waals surface area contributed by atoms with E-state index in [1.54, 1.807) is 0 Å². The summed E-state index contributed by atoms with van der Waals surface area (Å²) in [7, 11) is 0. The molecule has 0 spiro atoms. The van der Waals surface area contributed by atoms with Gasteiger partial charge in [0.05, 0.1) is 0 Å². The van der Waals surface area contributed by atoms with E-state index in [9.17, 15) is 0 Å². The predicted octanol–water partition coefficient (Wildman–Crippen LogP) is 13.2. The molecule has 0 N–H and O–H groups in total. The molecule has 0 saturated carbocycles. The van der Waals surface area contributed by atoms with E-state index in [-0.39, 0.29) is 5.41 Å². The molecule has 0 aliphatic heterocycles. The van der Waals surface area contributed by atoms with Gasteiger partial charge in [0.15, 0.2) is 0 Å². The molecule has 10 rings (SSSR count). The third-order valence-corrected chi connectivity index (χ3v) is 10.7. The van der Waals surface area contributed by atoms with Crippen molar-refractivity contribution in [1.82, 2.24) is 0 Å². The highest BCUT2D eigenvalue weighted by Crippen LogP contribution is 2.51. The lowest BCUT2D eigenvalue weighted by atomic mass is 9.80. The summed E-state index contributed by atoms with van der Waals surface area (Å²) >= 11 is 0. The molecule has 226 valence electrons. The molecule has 1 aliphatic rings. The zero-order valence-corrected chi connectivity index (χ0v) is 26.9. The van der Waals surface area contributed by atoms with Crippen molar-refractivity contribution in [3.05, 3.63) is 169 Å². The first kappa shape index (κ1) is 27.2. The van der Waals surface area contributed by atoms with Crippen LogP contribution in [-0.2, 0) is 5.41 Å². The Morgan fingerprint density at radius 1 is 0.375 bits per heavy atom. The predicted molar refractivity (Wildman–Crippen MR) is 203 cm³/mol. The first-order valence-corrected chi connectivity index (χ1v) is 16.8. The molecular weight excluding hydrogens is 581 g/mol. The summed E-state index contributed by atoms with van der Waals surface area (Å²) < 4.78 is 6.56. The second-order valence-electron chi connectivity index (χ2n) is 13.6. The standard InChI is InChI=1S/C47H32O/c1-47(2)41-22-12-10-16-32(41)33-25-24-30(28-42(33)47)44-35-18-6-8-20-37(35)45(38-21-9-7-19-36(38)44)31-26-39(29-14-4-3-5-15-29)46-40(27-31)34-17-11-13-23-43(34)48-46/h3-28H,1-2H3. The van der Waals surface area contributed by atoms with Crippen molar-refractivity contribution in [1.29, 1.82) is 0 Å². The van der Waals surface area contributed by atoms with Gasteiger partial charge in [0.2, 0.25) is 0 Å². The van der Waals surface area contributed by atoms with Gasteiger partial charge in [0.1, 0.15) is 11.2 Å². The van der Waals surface area contributed by atoms with Gasteiger partial charge in [-0.3, -0.25) is 0 Å². The lowest BCUT2D eigenvalue weighted by Gasteiger charge is -2.23. The second-order valence-corrected chi connectivity index (χ2v) is 13.6. The zero-order chi connectivity index (χ0) is 32.0. The minimum absolute atomic E-state index is 0.0654. The first-order valence-electron chi connectivity index (χ1n) is 16.8. The van der Waals surface area contributed by atoms with Crippen LogP contribution in [0.4, 0.5) is 0 Å². The summed E-state index contributed by atoms with van der Waals surface area (Å²) in [5, 5.41) is 7.30. The Morgan fingerprint density at radius 2 is 0.938 bits per heavy atom. The molecule has 9 aromatic rings. The molecule has 1 heterocycles. The van der Waals surface area contributed by atoms with Crippen molar-refractivity contribution in [2.45, 2.75) is 19.3 Å². The smallest absolute Gasteiger partial charge is 0.143 e. The van der Waals surface area contributed by atoms with Crippen LogP contribution in [0.3, 0.4) is 0 Å². The van der Waals surface area contributed by atoms with Crippen molar-refractivity contribution in [3.8, 4) is 44.5 Å². The Hall–Kier alpha value is -5.92. The molecule has 0 unspecified atom stereocenters. The highest BCUT2D eigenvalue weighted by Gasteiger charge is 2.35. The van der Waals surface area contributed by atoms with Crippen LogP contribution < -0.4 is 0 Å². The fourth-order valence-electron chi connectivity index (χ4n) is 8.41. The summed E-state index contributed by atoms with van der Waals surface area (Å²) in [6, 6.07) is 57.7. The topological polar surface area (TPSA) is 13.1 Å². The van der Waals surface area contributed by atoms with Gasteiger partial charge in [0, 0.05) is 21.8 Å². The Balaban J connectivity index is 1.29. The van der Waals surface area contributed by atoms with E-state index in [0.29, 0.717) is 0 Å². The van der Waals surface area contributed by atoms with Crippen LogP contribution in [0.5, 0.6) is 0 Å². The molecule has 0 atom stereocenters. The van der Waals surface area contributed by atoms with Crippen LogP contribution in [0, 0.1) is 0 Å². The third kappa shape index (κ3) is 3.79. The molecule has 1 aromatic heterocycles. The van der Waals surface area contributed by atoms with Crippen molar-refractivity contribution >= 4 is 43.5 Å². The van der Waals surface area contributed by atoms with Crippen molar-refractivity contribution < 1.29 is 4.42 Å². The fraction of sp³-hybridized carbons (Fsp3) is 0.0638. The van der Waals surface area contributed by atoms with Crippen molar-refractivity contribution in [2.24, 2.45) is 0 Å². The van der Waals surface area contributed by atoms with Gasteiger partial charge in [-0.05, 0) is 95.9 Å². The SMILES string of the molecule is CC1(C)c2ccccc2-c2ccc(-c3c4ccccc4c(-c4cc(-c5ccccc5)c5oc6ccccc6c5c4)c4ccccc34)cc21. The van der Waals surface area contributed by atoms with Crippen LogP contribution in [0.1, 0.15) is 25.0 Å². The second kappa shape index (κ2) is 10.0. The molecule has 1 aliphatic carbocycles. The van der Waals surface area contributed by atoms with Gasteiger partial charge in [-0.2, -0.15) is 0 Å². The third-order valence-electron chi connectivity index (χ3n) is 10.7. The lowest BCUT2D eigenvalue weighted by molar-refractivity contribution is 0.660. The molecule has 0 amide bonds. The van der Waals surface area contributed by atoms with Crippen LogP contribution in [0.25, 0.3) is 88.0 Å². The summed E-state index contributed by atoms with van der Waals surface area (Å²) in [4.78, 5) is 0. The molecule has 48 heavy (non-hydrogen) atoms. The van der Waals surface area contributed by atoms with Gasteiger partial charge in [0.25, 0.3) is 0 Å². The number of hydrogen-bond donors (Lipinski definition) is 0. The van der Waals surface area contributed by atoms with Crippen LogP contribution in [0.15, 0.2) is 162 Å². The quantitative estimate of drug-likeness (QED) is 0.181. The molecular formula is C47H32O. The normalized spacial score (nSPS) is 13.4. The molecule has 0 fully saturated rings. The van der Waals surface area contributed by atoms with E-state index in [2.05, 4.69) is 166 Å². The largest absolute Gasteiger partial charge is 0.455 e. The Bertz CT molecular complexity index is 2690. The van der Waals surface area contributed by atoms with Gasteiger partial charge >= 0.3 is 0 Å². The minimum Gasteiger partial charge on any atom is -0.455 e. The molecule has 1 heteroatoms. The highest BCUT2D eigenvalue weighted by atomic mass is 16.3. The average molecular weight is 613 g/mol. The average Bonchev–Trinajstić information content (AvgIpc) is 3.62. The maximum Gasteiger partial charge on any atom is 0.143 e. The van der Waals surface area contributed by atoms with E-state index in [0.717, 1.165) is 33.1 Å². The van der Waals surface area contributed by atoms with E-state index in [4.69, 9.17) is 4.42 Å². The van der Waals surface area contributed by atoms with E-state index in [1.807, 2.05) is 6.07 Å². The zero-order valence-electron chi connectivity index (χ0n) is 26.9. The highest BCUT2D eigenvalue weighted by molar-refractivity contribution is 6.23. The molecule has 0 radical (unpaired) electrons. The molecule has 0 bridgehead atoms. The van der Waals surface area contributed by atoms with Gasteiger partial charge in [-0.15, -0.1) is 0 Å². The van der Waals surface area contributed by atoms with Gasteiger partial charge in [-0.1, -0.05) is 147 Å². The Kier molecular flexibility index (Phi) is 5.69. The number of benzene rings is 8. The van der Waals surface area contributed by atoms with Crippen LogP contribution in [0.2, 0.25) is 0 Å². The van der Waals surface area contributed by atoms with Gasteiger partial charge < -0.3 is 4.42 Å².